The van der Waals surface area contributed by atoms with Crippen molar-refractivity contribution in [1.82, 2.24) is 0 Å². The molecule has 1 aliphatic heterocycles. The standard InChI is InChI=1S/C12H18BrOSe/c1-3-4-9-15(13)12-8-6-5-7-11(12)10-14(15)2/h5-8H,3-4,9-10H2,1-2H3/q+1. The maximum absolute atomic E-state index is 4.06. The van der Waals surface area contributed by atoms with Gasteiger partial charge in [0.05, 0.1) is 0 Å². The fourth-order valence-electron chi connectivity index (χ4n) is 1.97. The van der Waals surface area contributed by atoms with Gasteiger partial charge in [0, 0.05) is 0 Å². The Bertz CT molecular complexity index is 355. The minimum absolute atomic E-state index is 1.05. The van der Waals surface area contributed by atoms with Gasteiger partial charge in [0.15, 0.2) is 0 Å². The van der Waals surface area contributed by atoms with E-state index in [0.717, 1.165) is 6.61 Å². The monoisotopic (exact) mass is 337 g/mol. The van der Waals surface area contributed by atoms with Crippen molar-refractivity contribution in [3.8, 4) is 0 Å². The summed E-state index contributed by atoms with van der Waals surface area (Å²) >= 11 is 2.29. The molecule has 84 valence electrons. The topological polar surface area (TPSA) is 2.70 Å². The minimum atomic E-state index is -1.76. The van der Waals surface area contributed by atoms with Crippen LogP contribution in [-0.2, 0) is 10.1 Å². The van der Waals surface area contributed by atoms with Gasteiger partial charge in [-0.3, -0.25) is 0 Å². The van der Waals surface area contributed by atoms with E-state index in [2.05, 4.69) is 55.9 Å². The van der Waals surface area contributed by atoms with Crippen LogP contribution in [0.2, 0.25) is 5.32 Å². The van der Waals surface area contributed by atoms with E-state index in [0.29, 0.717) is 0 Å². The van der Waals surface area contributed by atoms with Crippen molar-refractivity contribution in [3.05, 3.63) is 29.8 Å². The van der Waals surface area contributed by atoms with Gasteiger partial charge in [-0.15, -0.1) is 0 Å². The molecule has 1 aromatic carbocycles. The van der Waals surface area contributed by atoms with Crippen molar-refractivity contribution in [2.45, 2.75) is 31.7 Å². The van der Waals surface area contributed by atoms with Crippen molar-refractivity contribution in [1.29, 1.82) is 0 Å². The number of halogens is 1. The Labute approximate surface area is 102 Å². The second-order valence-electron chi connectivity index (χ2n) is 3.98. The quantitative estimate of drug-likeness (QED) is 0.588. The van der Waals surface area contributed by atoms with Crippen molar-refractivity contribution in [3.63, 3.8) is 0 Å². The fourth-order valence-corrected chi connectivity index (χ4v) is 10.7. The van der Waals surface area contributed by atoms with Gasteiger partial charge in [0.25, 0.3) is 0 Å². The molecule has 0 fully saturated rings. The number of hydrogen-bond donors (Lipinski definition) is 0. The average Bonchev–Trinajstić information content (AvgIpc) is 2.50. The summed E-state index contributed by atoms with van der Waals surface area (Å²) in [7, 11) is 2.18. The Morgan fingerprint density at radius 1 is 1.40 bits per heavy atom. The molecule has 1 aromatic rings. The number of benzene rings is 1. The van der Waals surface area contributed by atoms with Gasteiger partial charge >= 0.3 is 102 Å². The Balaban J connectivity index is 2.31. The molecule has 0 N–H and O–H groups in total. The number of unbranched alkanes of at least 4 members (excludes halogenated alkanes) is 1. The third-order valence-corrected chi connectivity index (χ3v) is 14.8. The molecular formula is C12H18BrOSe+. The zero-order valence-corrected chi connectivity index (χ0v) is 12.6. The molecule has 1 unspecified atom stereocenters. The van der Waals surface area contributed by atoms with E-state index >= 15 is 0 Å². The third kappa shape index (κ3) is 2.03. The SMILES string of the molecule is CCCC[Se]1(Br)c2ccccc2C[O+]1C. The first kappa shape index (κ1) is 11.7. The van der Waals surface area contributed by atoms with Crippen LogP contribution >= 0.6 is 14.1 Å². The summed E-state index contributed by atoms with van der Waals surface area (Å²) in [5, 5.41) is 1.31. The zero-order chi connectivity index (χ0) is 10.9. The molecule has 0 saturated carbocycles. The molecule has 0 aromatic heterocycles. The first-order valence-corrected chi connectivity index (χ1v) is 12.2. The molecule has 0 amide bonds. The van der Waals surface area contributed by atoms with Crippen LogP contribution in [0, 0.1) is 0 Å². The molecule has 1 atom stereocenters. The maximum atomic E-state index is 4.06. The van der Waals surface area contributed by atoms with Gasteiger partial charge in [-0.25, -0.2) is 0 Å². The molecular weight excluding hydrogens is 319 g/mol. The molecule has 0 bridgehead atoms. The van der Waals surface area contributed by atoms with Crippen LogP contribution in [0.25, 0.3) is 0 Å². The molecule has 0 saturated heterocycles. The van der Waals surface area contributed by atoms with Crippen molar-refractivity contribution < 1.29 is 3.45 Å². The summed E-state index contributed by atoms with van der Waals surface area (Å²) in [5.74, 6) is 0. The fraction of sp³-hybridized carbons (Fsp3) is 0.500. The molecule has 1 heterocycles. The van der Waals surface area contributed by atoms with Crippen LogP contribution in [-0.4, -0.2) is 18.5 Å². The van der Waals surface area contributed by atoms with Gasteiger partial charge in [0.1, 0.15) is 0 Å². The first-order valence-electron chi connectivity index (χ1n) is 5.40. The summed E-state index contributed by atoms with van der Waals surface area (Å²) < 4.78 is 4.99. The second kappa shape index (κ2) is 4.58. The van der Waals surface area contributed by atoms with Crippen LogP contribution in [0.5, 0.6) is 0 Å². The number of hydrogen-bond acceptors (Lipinski definition) is 0. The van der Waals surface area contributed by atoms with E-state index in [1.165, 1.54) is 23.7 Å². The molecule has 15 heavy (non-hydrogen) atoms. The van der Waals surface area contributed by atoms with E-state index in [4.69, 9.17) is 0 Å². The molecule has 0 aliphatic carbocycles. The summed E-state index contributed by atoms with van der Waals surface area (Å²) in [4.78, 5) is 0. The normalized spacial score (nSPS) is 29.8. The van der Waals surface area contributed by atoms with Crippen LogP contribution in [0.15, 0.2) is 24.3 Å². The van der Waals surface area contributed by atoms with E-state index < -0.39 is 11.4 Å². The predicted molar refractivity (Wildman–Crippen MR) is 71.2 cm³/mol. The van der Waals surface area contributed by atoms with Gasteiger partial charge in [-0.1, -0.05) is 0 Å². The van der Waals surface area contributed by atoms with E-state index in [9.17, 15) is 0 Å². The van der Waals surface area contributed by atoms with Gasteiger partial charge < -0.3 is 0 Å². The Kier molecular flexibility index (Phi) is 3.56. The third-order valence-electron chi connectivity index (χ3n) is 2.87. The van der Waals surface area contributed by atoms with E-state index in [-0.39, 0.29) is 0 Å². The molecule has 3 heteroatoms. The Morgan fingerprint density at radius 2 is 2.13 bits per heavy atom. The summed E-state index contributed by atoms with van der Waals surface area (Å²) in [5.41, 5.74) is 1.50. The summed E-state index contributed by atoms with van der Waals surface area (Å²) in [6.45, 7) is 3.31. The van der Waals surface area contributed by atoms with E-state index in [1.54, 1.807) is 4.46 Å². The number of rotatable bonds is 3. The van der Waals surface area contributed by atoms with Crippen molar-refractivity contribution in [2.24, 2.45) is 0 Å². The predicted octanol–water partition coefficient (Wildman–Crippen LogP) is 3.23. The summed E-state index contributed by atoms with van der Waals surface area (Å²) in [6.07, 6.45) is 2.60. The van der Waals surface area contributed by atoms with Crippen molar-refractivity contribution >= 4 is 29.9 Å². The summed E-state index contributed by atoms with van der Waals surface area (Å²) in [6, 6.07) is 8.86. The van der Waals surface area contributed by atoms with Gasteiger partial charge in [0.2, 0.25) is 0 Å². The van der Waals surface area contributed by atoms with Gasteiger partial charge in [-0.05, 0) is 0 Å². The molecule has 1 nitrogen and oxygen atoms in total. The number of fused-ring (bicyclic) bond motifs is 1. The molecule has 1 aliphatic rings. The zero-order valence-electron chi connectivity index (χ0n) is 9.33. The van der Waals surface area contributed by atoms with Crippen LogP contribution in [0.1, 0.15) is 25.3 Å². The first-order chi connectivity index (χ1) is 7.18. The van der Waals surface area contributed by atoms with Crippen molar-refractivity contribution in [2.75, 3.05) is 7.11 Å². The van der Waals surface area contributed by atoms with Crippen LogP contribution in [0.4, 0.5) is 0 Å². The van der Waals surface area contributed by atoms with E-state index in [1.807, 2.05) is 0 Å². The van der Waals surface area contributed by atoms with Crippen LogP contribution < -0.4 is 4.46 Å². The second-order valence-corrected chi connectivity index (χ2v) is 14.9. The van der Waals surface area contributed by atoms with Crippen LogP contribution in [0.3, 0.4) is 0 Å². The Hall–Kier alpha value is 0.179. The molecule has 0 radical (unpaired) electrons. The van der Waals surface area contributed by atoms with Gasteiger partial charge in [-0.2, -0.15) is 0 Å². The average molecular weight is 337 g/mol. The Morgan fingerprint density at radius 3 is 2.87 bits per heavy atom. The molecule has 2 rings (SSSR count). The molecule has 0 spiro atoms.